The molecule has 1 aromatic rings. The zero-order valence-electron chi connectivity index (χ0n) is 10.8. The predicted octanol–water partition coefficient (Wildman–Crippen LogP) is 1.52. The molecular weight excluding hydrogens is 256 g/mol. The Morgan fingerprint density at radius 3 is 2.56 bits per heavy atom. The Bertz CT molecular complexity index is 359. The van der Waals surface area contributed by atoms with Gasteiger partial charge in [0, 0.05) is 13.1 Å². The summed E-state index contributed by atoms with van der Waals surface area (Å²) in [6.45, 7) is 5.82. The quantitative estimate of drug-likeness (QED) is 0.775. The van der Waals surface area contributed by atoms with Crippen molar-refractivity contribution in [2.45, 2.75) is 26.7 Å². The normalized spacial score (nSPS) is 10.4. The molecule has 0 aliphatic rings. The van der Waals surface area contributed by atoms with Gasteiger partial charge in [0.05, 0.1) is 13.2 Å². The van der Waals surface area contributed by atoms with Gasteiger partial charge in [-0.2, -0.15) is 15.0 Å². The van der Waals surface area contributed by atoms with Crippen LogP contribution in [0, 0.1) is 0 Å². The molecule has 6 nitrogen and oxygen atoms in total. The van der Waals surface area contributed by atoms with Crippen molar-refractivity contribution < 1.29 is 9.84 Å². The highest BCUT2D eigenvalue weighted by molar-refractivity contribution is 6.28. The molecule has 0 aliphatic carbocycles. The van der Waals surface area contributed by atoms with E-state index in [1.54, 1.807) is 0 Å². The van der Waals surface area contributed by atoms with Gasteiger partial charge in [0.15, 0.2) is 0 Å². The second kappa shape index (κ2) is 8.05. The monoisotopic (exact) mass is 274 g/mol. The van der Waals surface area contributed by atoms with Crippen molar-refractivity contribution in [3.8, 4) is 6.01 Å². The highest BCUT2D eigenvalue weighted by Crippen LogP contribution is 2.15. The van der Waals surface area contributed by atoms with Crippen LogP contribution in [0.5, 0.6) is 6.01 Å². The van der Waals surface area contributed by atoms with Gasteiger partial charge >= 0.3 is 6.01 Å². The first-order valence-corrected chi connectivity index (χ1v) is 6.49. The number of rotatable bonds is 8. The first-order chi connectivity index (χ1) is 8.71. The van der Waals surface area contributed by atoms with E-state index in [9.17, 15) is 0 Å². The minimum absolute atomic E-state index is 0.0362. The third-order valence-electron chi connectivity index (χ3n) is 2.16. The van der Waals surface area contributed by atoms with Gasteiger partial charge in [-0.3, -0.25) is 0 Å². The van der Waals surface area contributed by atoms with Crippen LogP contribution in [-0.2, 0) is 0 Å². The van der Waals surface area contributed by atoms with Crippen LogP contribution < -0.4 is 9.64 Å². The first-order valence-electron chi connectivity index (χ1n) is 6.11. The molecule has 18 heavy (non-hydrogen) atoms. The summed E-state index contributed by atoms with van der Waals surface area (Å²) in [5.74, 6) is 0.442. The summed E-state index contributed by atoms with van der Waals surface area (Å²) in [6.07, 6.45) is 1.79. The maximum atomic E-state index is 9.03. The third kappa shape index (κ3) is 4.62. The average molecular weight is 275 g/mol. The highest BCUT2D eigenvalue weighted by Gasteiger charge is 2.12. The molecule has 0 bridgehead atoms. The number of aliphatic hydroxyl groups is 1. The predicted molar refractivity (Wildman–Crippen MR) is 70.2 cm³/mol. The highest BCUT2D eigenvalue weighted by atomic mass is 35.5. The fourth-order valence-corrected chi connectivity index (χ4v) is 1.57. The van der Waals surface area contributed by atoms with E-state index in [1.807, 2.05) is 18.7 Å². The lowest BCUT2D eigenvalue weighted by atomic mass is 10.4. The minimum Gasteiger partial charge on any atom is -0.463 e. The maximum absolute atomic E-state index is 9.03. The van der Waals surface area contributed by atoms with E-state index in [0.717, 1.165) is 19.4 Å². The van der Waals surface area contributed by atoms with Crippen LogP contribution in [0.25, 0.3) is 0 Å². The lowest BCUT2D eigenvalue weighted by Crippen LogP contribution is -2.29. The van der Waals surface area contributed by atoms with Gasteiger partial charge < -0.3 is 14.7 Å². The zero-order chi connectivity index (χ0) is 13.4. The Labute approximate surface area is 112 Å². The van der Waals surface area contributed by atoms with E-state index in [-0.39, 0.29) is 17.9 Å². The fraction of sp³-hybridized carbons (Fsp3) is 0.727. The summed E-state index contributed by atoms with van der Waals surface area (Å²) in [6, 6.07) is 0.228. The molecule has 0 amide bonds. The van der Waals surface area contributed by atoms with Gasteiger partial charge in [-0.1, -0.05) is 13.8 Å². The lowest BCUT2D eigenvalue weighted by molar-refractivity contribution is 0.289. The van der Waals surface area contributed by atoms with E-state index < -0.39 is 0 Å². The van der Waals surface area contributed by atoms with Crippen molar-refractivity contribution in [2.24, 2.45) is 0 Å². The molecule has 0 saturated heterocycles. The number of hydrogen-bond acceptors (Lipinski definition) is 6. The Balaban J connectivity index is 2.87. The smallest absolute Gasteiger partial charge is 0.322 e. The molecule has 0 atom stereocenters. The molecular formula is C11H19ClN4O2. The molecule has 0 saturated carbocycles. The molecule has 1 rings (SSSR count). The van der Waals surface area contributed by atoms with Crippen LogP contribution in [0.3, 0.4) is 0 Å². The van der Waals surface area contributed by atoms with Crippen LogP contribution in [0.15, 0.2) is 0 Å². The number of hydrogen-bond donors (Lipinski definition) is 1. The van der Waals surface area contributed by atoms with Crippen molar-refractivity contribution in [3.05, 3.63) is 5.28 Å². The van der Waals surface area contributed by atoms with Gasteiger partial charge in [-0.15, -0.1) is 0 Å². The standard InChI is InChI=1S/C11H19ClN4O2/c1-3-5-16(6-7-17)10-13-9(12)14-11(15-10)18-8-4-2/h17H,3-8H2,1-2H3. The third-order valence-corrected chi connectivity index (χ3v) is 2.33. The summed E-state index contributed by atoms with van der Waals surface area (Å²) in [4.78, 5) is 14.0. The van der Waals surface area contributed by atoms with Crippen molar-refractivity contribution in [1.82, 2.24) is 15.0 Å². The topological polar surface area (TPSA) is 71.4 Å². The molecule has 0 spiro atoms. The summed E-state index contributed by atoms with van der Waals surface area (Å²) >= 11 is 5.84. The van der Waals surface area contributed by atoms with Crippen LogP contribution in [0.4, 0.5) is 5.95 Å². The Morgan fingerprint density at radius 1 is 1.17 bits per heavy atom. The summed E-state index contributed by atoms with van der Waals surface area (Å²) in [7, 11) is 0. The SMILES string of the molecule is CCCOc1nc(Cl)nc(N(CCC)CCO)n1. The molecule has 1 aromatic heterocycles. The number of ether oxygens (including phenoxy) is 1. The van der Waals surface area contributed by atoms with Gasteiger partial charge in [-0.25, -0.2) is 0 Å². The molecule has 0 radical (unpaired) electrons. The molecule has 1 N–H and O–H groups in total. The Hall–Kier alpha value is -1.14. The van der Waals surface area contributed by atoms with E-state index in [1.165, 1.54) is 0 Å². The molecule has 1 heterocycles. The van der Waals surface area contributed by atoms with Crippen LogP contribution >= 0.6 is 11.6 Å². The lowest BCUT2D eigenvalue weighted by Gasteiger charge is -2.20. The number of aliphatic hydroxyl groups excluding tert-OH is 1. The number of anilines is 1. The van der Waals surface area contributed by atoms with E-state index in [2.05, 4.69) is 15.0 Å². The molecule has 0 aromatic carbocycles. The van der Waals surface area contributed by atoms with Crippen molar-refractivity contribution >= 4 is 17.5 Å². The summed E-state index contributed by atoms with van der Waals surface area (Å²) in [5.41, 5.74) is 0. The minimum atomic E-state index is 0.0362. The van der Waals surface area contributed by atoms with E-state index in [4.69, 9.17) is 21.4 Å². The average Bonchev–Trinajstić information content (AvgIpc) is 2.35. The van der Waals surface area contributed by atoms with Crippen molar-refractivity contribution in [3.63, 3.8) is 0 Å². The largest absolute Gasteiger partial charge is 0.463 e. The first kappa shape index (κ1) is 14.9. The van der Waals surface area contributed by atoms with Crippen LogP contribution in [0.1, 0.15) is 26.7 Å². The zero-order valence-corrected chi connectivity index (χ0v) is 11.5. The van der Waals surface area contributed by atoms with Gasteiger partial charge in [0.25, 0.3) is 0 Å². The molecule has 0 unspecified atom stereocenters. The van der Waals surface area contributed by atoms with E-state index in [0.29, 0.717) is 19.1 Å². The van der Waals surface area contributed by atoms with Crippen molar-refractivity contribution in [1.29, 1.82) is 0 Å². The fourth-order valence-electron chi connectivity index (χ4n) is 1.42. The molecule has 7 heteroatoms. The second-order valence-corrected chi connectivity index (χ2v) is 4.08. The molecule has 0 fully saturated rings. The number of nitrogens with zero attached hydrogens (tertiary/aromatic N) is 4. The van der Waals surface area contributed by atoms with Crippen molar-refractivity contribution in [2.75, 3.05) is 31.2 Å². The summed E-state index contributed by atoms with van der Waals surface area (Å²) < 4.78 is 5.35. The van der Waals surface area contributed by atoms with E-state index >= 15 is 0 Å². The maximum Gasteiger partial charge on any atom is 0.322 e. The Morgan fingerprint density at radius 2 is 1.94 bits per heavy atom. The summed E-state index contributed by atoms with van der Waals surface area (Å²) in [5, 5.41) is 9.13. The molecule has 102 valence electrons. The second-order valence-electron chi connectivity index (χ2n) is 3.75. The van der Waals surface area contributed by atoms with Gasteiger partial charge in [0.2, 0.25) is 11.2 Å². The van der Waals surface area contributed by atoms with Gasteiger partial charge in [-0.05, 0) is 24.4 Å². The van der Waals surface area contributed by atoms with Gasteiger partial charge in [0.1, 0.15) is 0 Å². The number of halogens is 1. The van der Waals surface area contributed by atoms with Crippen LogP contribution in [0.2, 0.25) is 5.28 Å². The van der Waals surface area contributed by atoms with Crippen LogP contribution in [-0.4, -0.2) is 46.4 Å². The Kier molecular flexibility index (Phi) is 6.67. The molecule has 0 aliphatic heterocycles. The number of aromatic nitrogens is 3.